The lowest BCUT2D eigenvalue weighted by Gasteiger charge is -2.53. The third-order valence-corrected chi connectivity index (χ3v) is 15.0. The van der Waals surface area contributed by atoms with Crippen LogP contribution in [0.5, 0.6) is 0 Å². The van der Waals surface area contributed by atoms with E-state index in [0.717, 1.165) is 128 Å². The zero-order valence-electron chi connectivity index (χ0n) is 33.2. The molecule has 0 saturated heterocycles. The second kappa shape index (κ2) is 19.3. The molecule has 2 aromatic carbocycles. The molecule has 6 rings (SSSR count). The molecule has 53 heavy (non-hydrogen) atoms. The first-order valence-electron chi connectivity index (χ1n) is 22.4. The van der Waals surface area contributed by atoms with Crippen LogP contribution in [0.25, 0.3) is 0 Å². The fraction of sp³-hybridized carbons (Fsp3) is 0.750. The third-order valence-electron chi connectivity index (χ3n) is 15.0. The molecular weight excluding hydrogens is 669 g/mol. The van der Waals surface area contributed by atoms with Gasteiger partial charge in [0.15, 0.2) is 23.3 Å². The monoisotopic (exact) mass is 739 g/mol. The van der Waals surface area contributed by atoms with Crippen molar-refractivity contribution >= 4 is 0 Å². The molecule has 0 heterocycles. The summed E-state index contributed by atoms with van der Waals surface area (Å²) in [4.78, 5) is 0. The lowest BCUT2D eigenvalue weighted by molar-refractivity contribution is -0.0784. The molecule has 2 unspecified atom stereocenters. The molecule has 1 nitrogen and oxygen atoms in total. The van der Waals surface area contributed by atoms with E-state index < -0.39 is 34.1 Å². The first kappa shape index (κ1) is 40.8. The molecule has 0 aliphatic heterocycles. The van der Waals surface area contributed by atoms with Crippen molar-refractivity contribution in [1.29, 1.82) is 0 Å². The van der Waals surface area contributed by atoms with Crippen LogP contribution in [0.15, 0.2) is 36.4 Å². The molecule has 2 atom stereocenters. The van der Waals surface area contributed by atoms with Gasteiger partial charge in [0.05, 0.1) is 12.2 Å². The van der Waals surface area contributed by atoms with E-state index >= 15 is 17.6 Å². The Morgan fingerprint density at radius 3 is 1.08 bits per heavy atom. The molecule has 0 spiro atoms. The smallest absolute Gasteiger partial charge is 0.162 e. The Morgan fingerprint density at radius 1 is 0.491 bits per heavy atom. The number of rotatable bonds is 16. The zero-order valence-corrected chi connectivity index (χ0v) is 33.2. The molecule has 2 aromatic rings. The van der Waals surface area contributed by atoms with Crippen molar-refractivity contribution in [3.05, 3.63) is 70.8 Å². The van der Waals surface area contributed by atoms with Gasteiger partial charge in [-0.05, 0) is 124 Å². The molecule has 4 aliphatic rings. The van der Waals surface area contributed by atoms with Crippen LogP contribution in [0, 0.1) is 46.9 Å². The van der Waals surface area contributed by atoms with Crippen molar-refractivity contribution in [3.8, 4) is 0 Å². The van der Waals surface area contributed by atoms with Crippen LogP contribution < -0.4 is 0 Å². The average molecular weight is 739 g/mol. The molecular formula is C48H70F4O. The van der Waals surface area contributed by atoms with Crippen LogP contribution in [-0.4, -0.2) is 12.2 Å². The minimum Gasteiger partial charge on any atom is -0.375 e. The van der Waals surface area contributed by atoms with E-state index in [2.05, 4.69) is 13.8 Å². The average Bonchev–Trinajstić information content (AvgIpc) is 3.20. The molecule has 296 valence electrons. The first-order valence-corrected chi connectivity index (χ1v) is 22.4. The maximum Gasteiger partial charge on any atom is 0.162 e. The summed E-state index contributed by atoms with van der Waals surface area (Å²) in [6, 6.07) is 9.87. The molecule has 0 amide bonds. The van der Waals surface area contributed by atoms with Gasteiger partial charge in [0, 0.05) is 10.8 Å². The summed E-state index contributed by atoms with van der Waals surface area (Å²) in [5.74, 6) is -1.64. The zero-order chi connectivity index (χ0) is 37.3. The number of benzene rings is 2. The Balaban J connectivity index is 1.44. The van der Waals surface area contributed by atoms with Gasteiger partial charge < -0.3 is 4.74 Å². The van der Waals surface area contributed by atoms with Crippen molar-refractivity contribution in [2.75, 3.05) is 0 Å². The highest BCUT2D eigenvalue weighted by Crippen LogP contribution is 2.57. The van der Waals surface area contributed by atoms with E-state index in [-0.39, 0.29) is 35.9 Å². The maximum atomic E-state index is 16.4. The maximum absolute atomic E-state index is 16.4. The van der Waals surface area contributed by atoms with Gasteiger partial charge in [-0.25, -0.2) is 17.6 Å². The standard InChI is InChI=1S/C48H70F4O/c1-3-19-39(33-47(35-21-9-5-10-22-35,36-23-11-6-12-24-36)41-29-17-31-43(49)45(41)51)53-40(20-4-2)34-48(37-25-13-7-14-26-37,38-27-15-8-16-28-38)42-30-18-32-44(50)46(42)52/h17-18,29-32,35-40H,3-16,19-28,33-34H2,1-2H3. The van der Waals surface area contributed by atoms with Gasteiger partial charge in [-0.1, -0.05) is 128 Å². The van der Waals surface area contributed by atoms with Crippen molar-refractivity contribution in [1.82, 2.24) is 0 Å². The number of hydrogen-bond acceptors (Lipinski definition) is 1. The quantitative estimate of drug-likeness (QED) is 0.156. The van der Waals surface area contributed by atoms with E-state index in [1.807, 2.05) is 12.1 Å². The predicted molar refractivity (Wildman–Crippen MR) is 210 cm³/mol. The van der Waals surface area contributed by atoms with Crippen LogP contribution >= 0.6 is 0 Å². The van der Waals surface area contributed by atoms with Gasteiger partial charge in [-0.3, -0.25) is 0 Å². The summed E-state index contributed by atoms with van der Waals surface area (Å²) in [6.45, 7) is 4.43. The summed E-state index contributed by atoms with van der Waals surface area (Å²) in [6.07, 6.45) is 27.1. The lowest BCUT2D eigenvalue weighted by atomic mass is 9.53. The summed E-state index contributed by atoms with van der Waals surface area (Å²) >= 11 is 0. The van der Waals surface area contributed by atoms with Gasteiger partial charge in [0.2, 0.25) is 0 Å². The van der Waals surface area contributed by atoms with E-state index in [4.69, 9.17) is 4.74 Å². The van der Waals surface area contributed by atoms with Gasteiger partial charge in [0.1, 0.15) is 0 Å². The van der Waals surface area contributed by atoms with Gasteiger partial charge in [-0.2, -0.15) is 0 Å². The Bertz CT molecular complexity index is 1260. The Labute approximate surface area is 319 Å². The minimum absolute atomic E-state index is 0.129. The van der Waals surface area contributed by atoms with Gasteiger partial charge in [0.25, 0.3) is 0 Å². The fourth-order valence-corrected chi connectivity index (χ4v) is 12.7. The fourth-order valence-electron chi connectivity index (χ4n) is 12.7. The van der Waals surface area contributed by atoms with E-state index in [1.165, 1.54) is 37.8 Å². The molecule has 4 aliphatic carbocycles. The highest BCUT2D eigenvalue weighted by molar-refractivity contribution is 5.33. The molecule has 5 heteroatoms. The molecule has 4 saturated carbocycles. The van der Waals surface area contributed by atoms with Crippen molar-refractivity contribution < 1.29 is 22.3 Å². The predicted octanol–water partition coefficient (Wildman–Crippen LogP) is 14.9. The van der Waals surface area contributed by atoms with Gasteiger partial charge >= 0.3 is 0 Å². The Hall–Kier alpha value is -1.88. The topological polar surface area (TPSA) is 9.23 Å². The second-order valence-corrected chi connectivity index (χ2v) is 18.0. The number of ether oxygens (including phenoxy) is 1. The minimum atomic E-state index is -0.739. The van der Waals surface area contributed by atoms with Crippen molar-refractivity contribution in [3.63, 3.8) is 0 Å². The van der Waals surface area contributed by atoms with Gasteiger partial charge in [-0.15, -0.1) is 0 Å². The number of hydrogen-bond donors (Lipinski definition) is 0. The lowest BCUT2D eigenvalue weighted by Crippen LogP contribution is -2.50. The van der Waals surface area contributed by atoms with Crippen LogP contribution in [-0.2, 0) is 15.6 Å². The van der Waals surface area contributed by atoms with Crippen LogP contribution in [0.3, 0.4) is 0 Å². The van der Waals surface area contributed by atoms with E-state index in [1.54, 1.807) is 12.1 Å². The van der Waals surface area contributed by atoms with Crippen LogP contribution in [0.4, 0.5) is 17.6 Å². The molecule has 0 N–H and O–H groups in total. The summed E-state index contributed by atoms with van der Waals surface area (Å²) in [7, 11) is 0. The van der Waals surface area contributed by atoms with E-state index in [9.17, 15) is 0 Å². The summed E-state index contributed by atoms with van der Waals surface area (Å²) in [5.41, 5.74) is 0.187. The van der Waals surface area contributed by atoms with Crippen molar-refractivity contribution in [2.45, 2.75) is 204 Å². The second-order valence-electron chi connectivity index (χ2n) is 18.0. The SMILES string of the molecule is CCCC(CC(c1cccc(F)c1F)(C1CCCCC1)C1CCCCC1)OC(CCC)CC(c1cccc(F)c1F)(C1CCCCC1)C1CCCCC1. The van der Waals surface area contributed by atoms with E-state index in [0.29, 0.717) is 24.0 Å². The van der Waals surface area contributed by atoms with Crippen LogP contribution in [0.2, 0.25) is 0 Å². The Kier molecular flexibility index (Phi) is 14.9. The van der Waals surface area contributed by atoms with Crippen molar-refractivity contribution in [2.24, 2.45) is 23.7 Å². The largest absolute Gasteiger partial charge is 0.375 e. The normalized spacial score (nSPS) is 21.8. The number of halogens is 4. The third kappa shape index (κ3) is 8.91. The molecule has 0 bridgehead atoms. The molecule has 0 radical (unpaired) electrons. The summed E-state index contributed by atoms with van der Waals surface area (Å²) < 4.78 is 71.1. The first-order chi connectivity index (χ1) is 25.8. The van der Waals surface area contributed by atoms with Crippen LogP contribution in [0.1, 0.15) is 192 Å². The highest BCUT2D eigenvalue weighted by atomic mass is 19.2. The molecule has 4 fully saturated rings. The highest BCUT2D eigenvalue weighted by Gasteiger charge is 2.52. The summed E-state index contributed by atoms with van der Waals surface area (Å²) in [5, 5.41) is 0. The Morgan fingerprint density at radius 2 is 0.792 bits per heavy atom. The molecule has 0 aromatic heterocycles.